The molecule has 3 heterocycles. The fraction of sp³-hybridized carbons (Fsp3) is 0.185. The van der Waals surface area contributed by atoms with Crippen LogP contribution in [-0.2, 0) is 4.79 Å². The molecule has 0 spiro atoms. The van der Waals surface area contributed by atoms with Gasteiger partial charge in [0.25, 0.3) is 5.91 Å². The minimum Gasteiger partial charge on any atom is -0.467 e. The lowest BCUT2D eigenvalue weighted by atomic mass is 10.0. The Morgan fingerprint density at radius 3 is 2.37 bits per heavy atom. The summed E-state index contributed by atoms with van der Waals surface area (Å²) in [6.07, 6.45) is 5.30. The number of hydrogen-bond acceptors (Lipinski definition) is 3. The van der Waals surface area contributed by atoms with E-state index in [1.165, 1.54) is 0 Å². The number of aromatic nitrogens is 1. The topological polar surface area (TPSA) is 58.7 Å². The van der Waals surface area contributed by atoms with E-state index in [4.69, 9.17) is 27.6 Å². The van der Waals surface area contributed by atoms with Crippen LogP contribution in [0.25, 0.3) is 5.69 Å². The van der Waals surface area contributed by atoms with Crippen LogP contribution in [-0.4, -0.2) is 33.9 Å². The van der Waals surface area contributed by atoms with Crippen LogP contribution in [0.4, 0.5) is 5.69 Å². The standard InChI is InChI=1S/C27H21Cl2N3O3/c28-18-13-17(14-19(29)15-18)27(34)31(20-9-10-20)16-25(33)32-22-6-2-1-5-21(22)30-11-3-7-23(30)26(32)24-8-4-12-35-24/h1-8,11-15,20,26H,9-10,16H2. The number of benzene rings is 2. The zero-order chi connectivity index (χ0) is 24.1. The molecule has 35 heavy (non-hydrogen) atoms. The molecule has 1 aliphatic carbocycles. The van der Waals surface area contributed by atoms with Crippen molar-refractivity contribution in [1.29, 1.82) is 0 Å². The van der Waals surface area contributed by atoms with Crippen LogP contribution in [0.15, 0.2) is 83.6 Å². The number of halogens is 2. The molecule has 2 aromatic heterocycles. The van der Waals surface area contributed by atoms with Crippen LogP contribution in [0.1, 0.15) is 40.7 Å². The molecule has 4 aromatic rings. The van der Waals surface area contributed by atoms with Crippen molar-refractivity contribution in [1.82, 2.24) is 9.47 Å². The molecule has 1 fully saturated rings. The number of para-hydroxylation sites is 2. The third kappa shape index (κ3) is 3.93. The maximum atomic E-state index is 14.0. The van der Waals surface area contributed by atoms with Gasteiger partial charge in [0.15, 0.2) is 0 Å². The van der Waals surface area contributed by atoms with Crippen LogP contribution < -0.4 is 4.90 Å². The largest absolute Gasteiger partial charge is 0.467 e. The average molecular weight is 506 g/mol. The molecule has 1 atom stereocenters. The Bertz CT molecular complexity index is 1400. The van der Waals surface area contributed by atoms with Crippen LogP contribution in [0.3, 0.4) is 0 Å². The molecule has 0 bridgehead atoms. The first kappa shape index (κ1) is 22.0. The minimum atomic E-state index is -0.459. The van der Waals surface area contributed by atoms with Crippen LogP contribution >= 0.6 is 23.2 Å². The third-order valence-electron chi connectivity index (χ3n) is 6.46. The van der Waals surface area contributed by atoms with Gasteiger partial charge in [0.2, 0.25) is 5.91 Å². The van der Waals surface area contributed by atoms with E-state index in [2.05, 4.69) is 4.57 Å². The number of nitrogens with zero attached hydrogens (tertiary/aromatic N) is 3. The molecule has 1 saturated carbocycles. The summed E-state index contributed by atoms with van der Waals surface area (Å²) in [5.74, 6) is 0.201. The van der Waals surface area contributed by atoms with Gasteiger partial charge in [-0.05, 0) is 67.4 Å². The first-order valence-electron chi connectivity index (χ1n) is 11.4. The van der Waals surface area contributed by atoms with Gasteiger partial charge in [0.1, 0.15) is 18.3 Å². The zero-order valence-corrected chi connectivity index (χ0v) is 20.1. The van der Waals surface area contributed by atoms with E-state index in [1.807, 2.05) is 54.7 Å². The van der Waals surface area contributed by atoms with Crippen LogP contribution in [0, 0.1) is 0 Å². The van der Waals surface area contributed by atoms with Crippen molar-refractivity contribution in [2.24, 2.45) is 0 Å². The Morgan fingerprint density at radius 2 is 1.69 bits per heavy atom. The monoisotopic (exact) mass is 505 g/mol. The Hall–Kier alpha value is -3.48. The van der Waals surface area contributed by atoms with E-state index in [-0.39, 0.29) is 24.4 Å². The maximum Gasteiger partial charge on any atom is 0.254 e. The van der Waals surface area contributed by atoms with Crippen molar-refractivity contribution in [3.8, 4) is 5.69 Å². The van der Waals surface area contributed by atoms with Crippen molar-refractivity contribution < 1.29 is 14.0 Å². The molecule has 6 nitrogen and oxygen atoms in total. The summed E-state index contributed by atoms with van der Waals surface area (Å²) in [5.41, 5.74) is 2.95. The number of hydrogen-bond donors (Lipinski definition) is 0. The van der Waals surface area contributed by atoms with Crippen LogP contribution in [0.2, 0.25) is 10.0 Å². The molecule has 0 saturated heterocycles. The number of rotatable bonds is 5. The minimum absolute atomic E-state index is 0.00941. The van der Waals surface area contributed by atoms with Gasteiger partial charge in [0, 0.05) is 27.8 Å². The molecule has 0 radical (unpaired) electrons. The van der Waals surface area contributed by atoms with E-state index in [0.717, 1.165) is 29.9 Å². The molecule has 2 aromatic carbocycles. The van der Waals surface area contributed by atoms with E-state index in [9.17, 15) is 9.59 Å². The molecule has 1 unspecified atom stereocenters. The average Bonchev–Trinajstić information content (AvgIpc) is 3.32. The maximum absolute atomic E-state index is 14.0. The lowest BCUT2D eigenvalue weighted by Gasteiger charge is -2.38. The molecule has 2 aliphatic rings. The summed E-state index contributed by atoms with van der Waals surface area (Å²) in [6.45, 7) is -0.0696. The Balaban J connectivity index is 1.39. The van der Waals surface area contributed by atoms with E-state index < -0.39 is 6.04 Å². The normalized spacial score (nSPS) is 16.5. The van der Waals surface area contributed by atoms with Crippen molar-refractivity contribution in [2.75, 3.05) is 11.4 Å². The van der Waals surface area contributed by atoms with E-state index in [1.54, 1.807) is 34.3 Å². The number of fused-ring (bicyclic) bond motifs is 3. The first-order valence-corrected chi connectivity index (χ1v) is 12.2. The Kier molecular flexibility index (Phi) is 5.43. The fourth-order valence-electron chi connectivity index (χ4n) is 4.80. The molecular weight excluding hydrogens is 485 g/mol. The zero-order valence-electron chi connectivity index (χ0n) is 18.6. The number of anilines is 1. The fourth-order valence-corrected chi connectivity index (χ4v) is 5.32. The van der Waals surface area contributed by atoms with Gasteiger partial charge in [-0.25, -0.2) is 0 Å². The molecule has 176 valence electrons. The predicted molar refractivity (Wildman–Crippen MR) is 134 cm³/mol. The number of carbonyl (C=O) groups excluding carboxylic acids is 2. The van der Waals surface area contributed by atoms with Crippen molar-refractivity contribution in [3.05, 3.63) is 106 Å². The van der Waals surface area contributed by atoms with Gasteiger partial charge >= 0.3 is 0 Å². The second-order valence-corrected chi connectivity index (χ2v) is 9.67. The summed E-state index contributed by atoms with van der Waals surface area (Å²) >= 11 is 12.3. The molecule has 6 rings (SSSR count). The number of carbonyl (C=O) groups is 2. The molecule has 8 heteroatoms. The van der Waals surface area contributed by atoms with Crippen LogP contribution in [0.5, 0.6) is 0 Å². The molecule has 1 aliphatic heterocycles. The first-order chi connectivity index (χ1) is 17.0. The quantitative estimate of drug-likeness (QED) is 0.328. The summed E-state index contributed by atoms with van der Waals surface area (Å²) in [7, 11) is 0. The molecule has 2 amide bonds. The van der Waals surface area contributed by atoms with Gasteiger partial charge in [-0.1, -0.05) is 35.3 Å². The Labute approximate surface area is 212 Å². The summed E-state index contributed by atoms with van der Waals surface area (Å²) < 4.78 is 7.86. The summed E-state index contributed by atoms with van der Waals surface area (Å²) in [5, 5.41) is 0.762. The molecular formula is C27H21Cl2N3O3. The smallest absolute Gasteiger partial charge is 0.254 e. The highest BCUT2D eigenvalue weighted by Gasteiger charge is 2.41. The SMILES string of the molecule is O=C(c1cc(Cl)cc(Cl)c1)N(CC(=O)N1c2ccccc2-n2cccc2C1c1ccco1)C1CC1. The van der Waals surface area contributed by atoms with Gasteiger partial charge in [-0.2, -0.15) is 0 Å². The van der Waals surface area contributed by atoms with E-state index in [0.29, 0.717) is 21.4 Å². The second-order valence-electron chi connectivity index (χ2n) is 8.80. The summed E-state index contributed by atoms with van der Waals surface area (Å²) in [4.78, 5) is 30.9. The third-order valence-corrected chi connectivity index (χ3v) is 6.90. The summed E-state index contributed by atoms with van der Waals surface area (Å²) in [6, 6.07) is 19.7. The number of amides is 2. The highest BCUT2D eigenvalue weighted by Crippen LogP contribution is 2.42. The van der Waals surface area contributed by atoms with Gasteiger partial charge in [0.05, 0.1) is 23.3 Å². The Morgan fingerprint density at radius 1 is 0.943 bits per heavy atom. The molecule has 0 N–H and O–H groups in total. The lowest BCUT2D eigenvalue weighted by molar-refractivity contribution is -0.120. The van der Waals surface area contributed by atoms with Crippen molar-refractivity contribution >= 4 is 40.7 Å². The van der Waals surface area contributed by atoms with Gasteiger partial charge in [-0.3, -0.25) is 14.5 Å². The number of furan rings is 1. The second kappa shape index (κ2) is 8.63. The van der Waals surface area contributed by atoms with Gasteiger partial charge < -0.3 is 13.9 Å². The van der Waals surface area contributed by atoms with E-state index >= 15 is 0 Å². The van der Waals surface area contributed by atoms with Crippen molar-refractivity contribution in [3.63, 3.8) is 0 Å². The van der Waals surface area contributed by atoms with Crippen molar-refractivity contribution in [2.45, 2.75) is 24.9 Å². The van der Waals surface area contributed by atoms with Gasteiger partial charge in [-0.15, -0.1) is 0 Å². The lowest BCUT2D eigenvalue weighted by Crippen LogP contribution is -2.47. The highest BCUT2D eigenvalue weighted by molar-refractivity contribution is 6.35. The predicted octanol–water partition coefficient (Wildman–Crippen LogP) is 6.12. The highest BCUT2D eigenvalue weighted by atomic mass is 35.5.